The lowest BCUT2D eigenvalue weighted by Gasteiger charge is -2.03. The topological polar surface area (TPSA) is 29.1 Å². The van der Waals surface area contributed by atoms with E-state index in [9.17, 15) is 4.79 Å². The molecule has 1 amide bonds. The number of carbonyl (C=O) groups excluding carboxylic acids is 1. The monoisotopic (exact) mass is 363 g/mol. The number of hydrogen-bond acceptors (Lipinski definition) is 1. The Morgan fingerprint density at radius 2 is 1.95 bits per heavy atom. The molecule has 0 saturated carbocycles. The van der Waals surface area contributed by atoms with Gasteiger partial charge < -0.3 is 5.32 Å². The molecular formula is C17H15BrClNO. The van der Waals surface area contributed by atoms with Gasteiger partial charge in [0, 0.05) is 22.1 Å². The summed E-state index contributed by atoms with van der Waals surface area (Å²) in [5.74, 6) is -0.0973. The Bertz CT molecular complexity index is 637. The molecule has 2 aromatic carbocycles. The van der Waals surface area contributed by atoms with E-state index in [2.05, 4.69) is 21.2 Å². The van der Waals surface area contributed by atoms with Gasteiger partial charge in [-0.15, -0.1) is 0 Å². The van der Waals surface area contributed by atoms with E-state index < -0.39 is 0 Å². The molecule has 0 bridgehead atoms. The molecule has 2 rings (SSSR count). The van der Waals surface area contributed by atoms with Gasteiger partial charge in [-0.1, -0.05) is 51.8 Å². The van der Waals surface area contributed by atoms with Gasteiger partial charge in [-0.25, -0.2) is 0 Å². The lowest BCUT2D eigenvalue weighted by molar-refractivity contribution is -0.116. The fourth-order valence-corrected chi connectivity index (χ4v) is 2.30. The van der Waals surface area contributed by atoms with Gasteiger partial charge in [-0.05, 0) is 47.9 Å². The molecule has 0 radical (unpaired) electrons. The van der Waals surface area contributed by atoms with Crippen molar-refractivity contribution < 1.29 is 4.79 Å². The van der Waals surface area contributed by atoms with E-state index in [-0.39, 0.29) is 5.91 Å². The van der Waals surface area contributed by atoms with Crippen molar-refractivity contribution in [3.63, 3.8) is 0 Å². The van der Waals surface area contributed by atoms with Gasteiger partial charge >= 0.3 is 0 Å². The summed E-state index contributed by atoms with van der Waals surface area (Å²) in [6.45, 7) is 0.587. The number of benzene rings is 2. The molecule has 0 unspecified atom stereocenters. The average Bonchev–Trinajstić information content (AvgIpc) is 2.47. The first-order valence-electron chi connectivity index (χ1n) is 6.59. The molecule has 0 saturated heterocycles. The summed E-state index contributed by atoms with van der Waals surface area (Å²) in [6.07, 6.45) is 4.10. The third kappa shape index (κ3) is 5.74. The molecule has 0 fully saturated rings. The zero-order valence-electron chi connectivity index (χ0n) is 11.4. The predicted molar refractivity (Wildman–Crippen MR) is 91.3 cm³/mol. The van der Waals surface area contributed by atoms with Crippen molar-refractivity contribution in [3.8, 4) is 0 Å². The highest BCUT2D eigenvalue weighted by Crippen LogP contribution is 2.12. The minimum Gasteiger partial charge on any atom is -0.352 e. The lowest BCUT2D eigenvalue weighted by Crippen LogP contribution is -2.23. The second-order valence-electron chi connectivity index (χ2n) is 4.56. The summed E-state index contributed by atoms with van der Waals surface area (Å²) in [6, 6.07) is 15.4. The van der Waals surface area contributed by atoms with E-state index in [1.165, 1.54) is 0 Å². The normalized spacial score (nSPS) is 10.8. The molecule has 0 heterocycles. The highest BCUT2D eigenvalue weighted by molar-refractivity contribution is 9.10. The summed E-state index contributed by atoms with van der Waals surface area (Å²) in [4.78, 5) is 11.7. The van der Waals surface area contributed by atoms with E-state index in [0.717, 1.165) is 22.0 Å². The van der Waals surface area contributed by atoms with E-state index in [4.69, 9.17) is 11.6 Å². The van der Waals surface area contributed by atoms with Gasteiger partial charge in [-0.2, -0.15) is 0 Å². The standard InChI is InChI=1S/C17H15BrClNO/c18-15-7-4-13(5-8-15)6-9-17(21)20-11-10-14-2-1-3-16(19)12-14/h1-9,12H,10-11H2,(H,20,21). The number of amides is 1. The van der Waals surface area contributed by atoms with Gasteiger partial charge in [0.05, 0.1) is 0 Å². The van der Waals surface area contributed by atoms with Crippen LogP contribution in [0.25, 0.3) is 6.08 Å². The second kappa shape index (κ2) is 8.01. The maximum atomic E-state index is 11.7. The van der Waals surface area contributed by atoms with Crippen LogP contribution in [-0.2, 0) is 11.2 Å². The molecule has 108 valence electrons. The van der Waals surface area contributed by atoms with Crippen molar-refractivity contribution in [2.75, 3.05) is 6.54 Å². The highest BCUT2D eigenvalue weighted by atomic mass is 79.9. The Morgan fingerprint density at radius 1 is 1.19 bits per heavy atom. The molecule has 0 aliphatic rings. The first-order chi connectivity index (χ1) is 10.1. The van der Waals surface area contributed by atoms with Crippen molar-refractivity contribution >= 4 is 39.5 Å². The fraction of sp³-hybridized carbons (Fsp3) is 0.118. The summed E-state index contributed by atoms with van der Waals surface area (Å²) in [5.41, 5.74) is 2.10. The fourth-order valence-electron chi connectivity index (χ4n) is 1.83. The zero-order chi connectivity index (χ0) is 15.1. The maximum Gasteiger partial charge on any atom is 0.244 e. The largest absolute Gasteiger partial charge is 0.352 e. The van der Waals surface area contributed by atoms with Gasteiger partial charge in [0.25, 0.3) is 0 Å². The third-order valence-corrected chi connectivity index (χ3v) is 3.66. The molecule has 1 N–H and O–H groups in total. The molecule has 0 aromatic heterocycles. The third-order valence-electron chi connectivity index (χ3n) is 2.90. The summed E-state index contributed by atoms with van der Waals surface area (Å²) in [7, 11) is 0. The maximum absolute atomic E-state index is 11.7. The van der Waals surface area contributed by atoms with Crippen LogP contribution >= 0.6 is 27.5 Å². The van der Waals surface area contributed by atoms with Gasteiger partial charge in [0.1, 0.15) is 0 Å². The van der Waals surface area contributed by atoms with Crippen LogP contribution in [0.15, 0.2) is 59.1 Å². The summed E-state index contributed by atoms with van der Waals surface area (Å²) >= 11 is 9.29. The molecule has 0 aliphatic heterocycles. The smallest absolute Gasteiger partial charge is 0.244 e. The van der Waals surface area contributed by atoms with E-state index in [0.29, 0.717) is 11.6 Å². The van der Waals surface area contributed by atoms with Crippen LogP contribution in [0.1, 0.15) is 11.1 Å². The van der Waals surface area contributed by atoms with Crippen LogP contribution in [0, 0.1) is 0 Å². The first-order valence-corrected chi connectivity index (χ1v) is 7.76. The van der Waals surface area contributed by atoms with Crippen LogP contribution in [0.4, 0.5) is 0 Å². The minimum atomic E-state index is -0.0973. The highest BCUT2D eigenvalue weighted by Gasteiger charge is 1.97. The quantitative estimate of drug-likeness (QED) is 0.779. The number of carbonyl (C=O) groups is 1. The number of halogens is 2. The molecule has 21 heavy (non-hydrogen) atoms. The van der Waals surface area contributed by atoms with Crippen molar-refractivity contribution in [2.45, 2.75) is 6.42 Å². The van der Waals surface area contributed by atoms with E-state index in [1.54, 1.807) is 12.2 Å². The van der Waals surface area contributed by atoms with E-state index >= 15 is 0 Å². The molecule has 4 heteroatoms. The second-order valence-corrected chi connectivity index (χ2v) is 5.91. The van der Waals surface area contributed by atoms with Crippen molar-refractivity contribution in [1.29, 1.82) is 0 Å². The SMILES string of the molecule is O=C(C=Cc1ccc(Br)cc1)NCCc1cccc(Cl)c1. The van der Waals surface area contributed by atoms with E-state index in [1.807, 2.05) is 48.5 Å². The van der Waals surface area contributed by atoms with Crippen LogP contribution in [-0.4, -0.2) is 12.5 Å². The Labute approximate surface area is 138 Å². The summed E-state index contributed by atoms with van der Waals surface area (Å²) in [5, 5.41) is 3.57. The van der Waals surface area contributed by atoms with Crippen LogP contribution in [0.2, 0.25) is 5.02 Å². The molecule has 0 spiro atoms. The Balaban J connectivity index is 1.78. The summed E-state index contributed by atoms with van der Waals surface area (Å²) < 4.78 is 1.02. The molecule has 2 aromatic rings. The van der Waals surface area contributed by atoms with Gasteiger partial charge in [-0.3, -0.25) is 4.79 Å². The lowest BCUT2D eigenvalue weighted by atomic mass is 10.1. The first kappa shape index (κ1) is 15.8. The Hall–Kier alpha value is -1.58. The predicted octanol–water partition coefficient (Wildman–Crippen LogP) is 4.47. The van der Waals surface area contributed by atoms with Crippen molar-refractivity contribution in [3.05, 3.63) is 75.2 Å². The molecular weight excluding hydrogens is 350 g/mol. The van der Waals surface area contributed by atoms with Gasteiger partial charge in [0.15, 0.2) is 0 Å². The van der Waals surface area contributed by atoms with Gasteiger partial charge in [0.2, 0.25) is 5.91 Å². The Morgan fingerprint density at radius 3 is 2.67 bits per heavy atom. The average molecular weight is 365 g/mol. The van der Waals surface area contributed by atoms with Crippen molar-refractivity contribution in [1.82, 2.24) is 5.32 Å². The molecule has 0 atom stereocenters. The minimum absolute atomic E-state index is 0.0973. The van der Waals surface area contributed by atoms with Crippen LogP contribution in [0.3, 0.4) is 0 Å². The zero-order valence-corrected chi connectivity index (χ0v) is 13.7. The van der Waals surface area contributed by atoms with Crippen LogP contribution < -0.4 is 5.32 Å². The number of hydrogen-bond donors (Lipinski definition) is 1. The van der Waals surface area contributed by atoms with Crippen molar-refractivity contribution in [2.24, 2.45) is 0 Å². The Kier molecular flexibility index (Phi) is 6.03. The van der Waals surface area contributed by atoms with Crippen LogP contribution in [0.5, 0.6) is 0 Å². The molecule has 0 aliphatic carbocycles. The number of nitrogens with one attached hydrogen (secondary N) is 1. The molecule has 2 nitrogen and oxygen atoms in total. The number of rotatable bonds is 5.